The summed E-state index contributed by atoms with van der Waals surface area (Å²) in [5.74, 6) is -0.436. The van der Waals surface area contributed by atoms with Gasteiger partial charge in [-0.3, -0.25) is 4.79 Å². The zero-order valence-corrected chi connectivity index (χ0v) is 18.4. The van der Waals surface area contributed by atoms with Gasteiger partial charge in [0.15, 0.2) is 0 Å². The summed E-state index contributed by atoms with van der Waals surface area (Å²) in [5.41, 5.74) is 8.86. The van der Waals surface area contributed by atoms with Crippen LogP contribution in [0, 0.1) is 6.92 Å². The number of hydrogen-bond acceptors (Lipinski definition) is 4. The Morgan fingerprint density at radius 1 is 1.03 bits per heavy atom. The summed E-state index contributed by atoms with van der Waals surface area (Å²) in [5, 5.41) is 3.36. The zero-order valence-electron chi connectivity index (χ0n) is 17.6. The van der Waals surface area contributed by atoms with E-state index in [0.717, 1.165) is 5.56 Å². The number of aromatic nitrogens is 1. The number of nitrogens with one attached hydrogen (secondary N) is 1. The van der Waals surface area contributed by atoms with Crippen LogP contribution >= 0.6 is 0 Å². The highest BCUT2D eigenvalue weighted by molar-refractivity contribution is 7.90. The van der Waals surface area contributed by atoms with Crippen LogP contribution in [0.3, 0.4) is 0 Å². The lowest BCUT2D eigenvalue weighted by atomic mass is 10.1. The second-order valence-corrected chi connectivity index (χ2v) is 9.24. The molecule has 32 heavy (non-hydrogen) atoms. The highest BCUT2D eigenvalue weighted by atomic mass is 32.2. The molecule has 0 spiro atoms. The number of carbonyl (C=O) groups excluding carboxylic acids is 1. The molecule has 0 saturated carbocycles. The molecular formula is C25H23N3O3S. The molecule has 1 amide bonds. The Balaban J connectivity index is 1.96. The molecule has 0 saturated heterocycles. The largest absolute Gasteiger partial charge is 0.397 e. The van der Waals surface area contributed by atoms with Crippen molar-refractivity contribution in [1.29, 1.82) is 0 Å². The molecule has 0 unspecified atom stereocenters. The van der Waals surface area contributed by atoms with Gasteiger partial charge in [-0.1, -0.05) is 54.1 Å². The van der Waals surface area contributed by atoms with E-state index in [9.17, 15) is 13.2 Å². The number of rotatable bonds is 6. The Morgan fingerprint density at radius 3 is 2.38 bits per heavy atom. The molecule has 0 aliphatic rings. The van der Waals surface area contributed by atoms with E-state index in [1.807, 2.05) is 6.92 Å². The monoisotopic (exact) mass is 445 g/mol. The van der Waals surface area contributed by atoms with Crippen molar-refractivity contribution >= 4 is 38.2 Å². The SMILES string of the molecule is C=CCc1c(C(=O)Nc2ccccc2N)c2ccccc2n1S(=O)(=O)c1ccc(C)cc1. The molecule has 4 rings (SSSR count). The van der Waals surface area contributed by atoms with Crippen LogP contribution in [-0.2, 0) is 16.4 Å². The quantitative estimate of drug-likeness (QED) is 0.331. The molecule has 7 heteroatoms. The van der Waals surface area contributed by atoms with Crippen molar-refractivity contribution in [1.82, 2.24) is 3.97 Å². The molecule has 162 valence electrons. The maximum atomic E-state index is 13.7. The van der Waals surface area contributed by atoms with Crippen LogP contribution in [0.25, 0.3) is 10.9 Å². The topological polar surface area (TPSA) is 94.2 Å². The van der Waals surface area contributed by atoms with E-state index in [-0.39, 0.29) is 16.9 Å². The molecule has 0 bridgehead atoms. The van der Waals surface area contributed by atoms with Crippen molar-refractivity contribution < 1.29 is 13.2 Å². The lowest BCUT2D eigenvalue weighted by molar-refractivity contribution is 0.102. The number of carbonyl (C=O) groups is 1. The highest BCUT2D eigenvalue weighted by Crippen LogP contribution is 2.32. The fraction of sp³-hybridized carbons (Fsp3) is 0.0800. The Morgan fingerprint density at radius 2 is 1.69 bits per heavy atom. The summed E-state index contributed by atoms with van der Waals surface area (Å²) in [6.45, 7) is 5.66. The van der Waals surface area contributed by atoms with E-state index in [2.05, 4.69) is 11.9 Å². The van der Waals surface area contributed by atoms with Gasteiger partial charge in [0.1, 0.15) is 0 Å². The number of anilines is 2. The van der Waals surface area contributed by atoms with Crippen LogP contribution in [0.1, 0.15) is 21.6 Å². The zero-order chi connectivity index (χ0) is 22.9. The van der Waals surface area contributed by atoms with Gasteiger partial charge in [0, 0.05) is 11.8 Å². The first-order valence-corrected chi connectivity index (χ1v) is 11.5. The second kappa shape index (κ2) is 8.36. The Hall–Kier alpha value is -3.84. The molecule has 0 fully saturated rings. The van der Waals surface area contributed by atoms with E-state index in [1.54, 1.807) is 78.9 Å². The molecule has 1 aromatic heterocycles. The van der Waals surface area contributed by atoms with Crippen molar-refractivity contribution in [2.75, 3.05) is 11.1 Å². The molecular weight excluding hydrogens is 422 g/mol. The van der Waals surface area contributed by atoms with E-state index < -0.39 is 15.9 Å². The van der Waals surface area contributed by atoms with Crippen molar-refractivity contribution in [3.05, 3.63) is 102 Å². The number of fused-ring (bicyclic) bond motifs is 1. The number of nitrogens with zero attached hydrogens (tertiary/aromatic N) is 1. The van der Waals surface area contributed by atoms with E-state index in [1.165, 1.54) is 3.97 Å². The lowest BCUT2D eigenvalue weighted by Crippen LogP contribution is -2.19. The second-order valence-electron chi connectivity index (χ2n) is 7.46. The summed E-state index contributed by atoms with van der Waals surface area (Å²) >= 11 is 0. The highest BCUT2D eigenvalue weighted by Gasteiger charge is 2.29. The third-order valence-electron chi connectivity index (χ3n) is 5.26. The smallest absolute Gasteiger partial charge is 0.268 e. The van der Waals surface area contributed by atoms with Crippen LogP contribution in [-0.4, -0.2) is 18.3 Å². The molecule has 6 nitrogen and oxygen atoms in total. The standard InChI is InChI=1S/C25H23N3O3S/c1-3-8-23-24(25(29)27-21-11-6-5-10-20(21)26)19-9-4-7-12-22(19)28(23)32(30,31)18-15-13-17(2)14-16-18/h3-7,9-16H,1,8,26H2,2H3,(H,27,29). The van der Waals surface area contributed by atoms with Crippen molar-refractivity contribution in [2.45, 2.75) is 18.2 Å². The molecule has 3 N–H and O–H groups in total. The molecule has 1 heterocycles. The maximum Gasteiger partial charge on any atom is 0.268 e. The fourth-order valence-electron chi connectivity index (χ4n) is 3.73. The van der Waals surface area contributed by atoms with Crippen molar-refractivity contribution in [3.8, 4) is 0 Å². The Bertz CT molecular complexity index is 1440. The van der Waals surface area contributed by atoms with Crippen LogP contribution in [0.2, 0.25) is 0 Å². The molecule has 0 aliphatic carbocycles. The van der Waals surface area contributed by atoms with Gasteiger partial charge >= 0.3 is 0 Å². The first-order chi connectivity index (χ1) is 15.3. The number of amides is 1. The van der Waals surface area contributed by atoms with Crippen LogP contribution in [0.4, 0.5) is 11.4 Å². The van der Waals surface area contributed by atoms with Crippen molar-refractivity contribution in [2.24, 2.45) is 0 Å². The van der Waals surface area contributed by atoms with E-state index >= 15 is 0 Å². The number of nitrogen functional groups attached to an aromatic ring is 1. The first kappa shape index (κ1) is 21.4. The van der Waals surface area contributed by atoms with Crippen LogP contribution < -0.4 is 11.1 Å². The van der Waals surface area contributed by atoms with Gasteiger partial charge in [-0.25, -0.2) is 12.4 Å². The molecule has 4 aromatic rings. The van der Waals surface area contributed by atoms with Gasteiger partial charge in [0.25, 0.3) is 15.9 Å². The minimum atomic E-state index is -3.96. The summed E-state index contributed by atoms with van der Waals surface area (Å²) < 4.78 is 28.6. The first-order valence-electron chi connectivity index (χ1n) is 10.1. The van der Waals surface area contributed by atoms with Crippen molar-refractivity contribution in [3.63, 3.8) is 0 Å². The van der Waals surface area contributed by atoms with Gasteiger partial charge in [0.2, 0.25) is 0 Å². The minimum Gasteiger partial charge on any atom is -0.397 e. The summed E-state index contributed by atoms with van der Waals surface area (Å²) in [6, 6.07) is 20.5. The summed E-state index contributed by atoms with van der Waals surface area (Å²) in [4.78, 5) is 13.5. The average molecular weight is 446 g/mol. The number of hydrogen-bond donors (Lipinski definition) is 2. The fourth-order valence-corrected chi connectivity index (χ4v) is 5.29. The van der Waals surface area contributed by atoms with Gasteiger partial charge < -0.3 is 11.1 Å². The number of para-hydroxylation sites is 3. The molecule has 0 radical (unpaired) electrons. The predicted molar refractivity (Wildman–Crippen MR) is 128 cm³/mol. The number of aryl methyl sites for hydroxylation is 1. The van der Waals surface area contributed by atoms with Crippen LogP contribution in [0.5, 0.6) is 0 Å². The third-order valence-corrected chi connectivity index (χ3v) is 7.02. The van der Waals surface area contributed by atoms with Gasteiger partial charge in [-0.05, 0) is 37.3 Å². The number of benzene rings is 3. The molecule has 3 aromatic carbocycles. The summed E-state index contributed by atoms with van der Waals surface area (Å²) in [6.07, 6.45) is 1.77. The molecule has 0 atom stereocenters. The number of nitrogens with two attached hydrogens (primary N) is 1. The van der Waals surface area contributed by atoms with E-state index in [4.69, 9.17) is 5.73 Å². The lowest BCUT2D eigenvalue weighted by Gasteiger charge is -2.13. The maximum absolute atomic E-state index is 13.7. The van der Waals surface area contributed by atoms with E-state index in [0.29, 0.717) is 28.0 Å². The number of allylic oxidation sites excluding steroid dienone is 1. The van der Waals surface area contributed by atoms with Gasteiger partial charge in [-0.15, -0.1) is 6.58 Å². The average Bonchev–Trinajstić information content (AvgIpc) is 3.10. The van der Waals surface area contributed by atoms with Crippen LogP contribution in [0.15, 0.2) is 90.3 Å². The Kier molecular flexibility index (Phi) is 5.59. The molecule has 0 aliphatic heterocycles. The minimum absolute atomic E-state index is 0.147. The predicted octanol–water partition coefficient (Wildman–Crippen LogP) is 4.75. The third kappa shape index (κ3) is 3.67. The summed E-state index contributed by atoms with van der Waals surface area (Å²) in [7, 11) is -3.96. The van der Waals surface area contributed by atoms with Gasteiger partial charge in [-0.2, -0.15) is 0 Å². The van der Waals surface area contributed by atoms with Gasteiger partial charge in [0.05, 0.1) is 33.0 Å². The normalized spacial score (nSPS) is 11.4. The Labute approximate surface area is 187 Å².